The van der Waals surface area contributed by atoms with Gasteiger partial charge in [0.25, 0.3) is 0 Å². The summed E-state index contributed by atoms with van der Waals surface area (Å²) in [5.74, 6) is 1.49. The van der Waals surface area contributed by atoms with Crippen LogP contribution in [0.5, 0.6) is 11.5 Å². The zero-order chi connectivity index (χ0) is 41.5. The van der Waals surface area contributed by atoms with E-state index in [1.165, 1.54) is 62.5 Å². The maximum atomic E-state index is 14.9. The third kappa shape index (κ3) is 10.9. The van der Waals surface area contributed by atoms with Crippen LogP contribution in [0.2, 0.25) is 0 Å². The number of phenolic OH excluding ortho intramolecular Hbond substituents is 2. The van der Waals surface area contributed by atoms with Gasteiger partial charge in [0.15, 0.2) is 0 Å². The van der Waals surface area contributed by atoms with Gasteiger partial charge >= 0.3 is 0 Å². The highest BCUT2D eigenvalue weighted by Gasteiger charge is 2.51. The van der Waals surface area contributed by atoms with E-state index in [1.807, 2.05) is 0 Å². The molecule has 3 nitrogen and oxygen atoms in total. The minimum atomic E-state index is -0.968. The van der Waals surface area contributed by atoms with E-state index in [9.17, 15) is 14.8 Å². The van der Waals surface area contributed by atoms with Gasteiger partial charge < -0.3 is 14.8 Å². The van der Waals surface area contributed by atoms with Gasteiger partial charge in [-0.25, -0.2) is 0 Å². The van der Waals surface area contributed by atoms with Gasteiger partial charge in [-0.2, -0.15) is 0 Å². The van der Waals surface area contributed by atoms with Crippen molar-refractivity contribution in [1.29, 1.82) is 0 Å². The zero-order valence-electron chi connectivity index (χ0n) is 38.5. The van der Waals surface area contributed by atoms with Crippen LogP contribution in [0.15, 0.2) is 24.3 Å². The first-order valence-electron chi connectivity index (χ1n) is 23.5. The summed E-state index contributed by atoms with van der Waals surface area (Å²) in [4.78, 5) is 0. The maximum Gasteiger partial charge on any atom is 0.123 e. The van der Waals surface area contributed by atoms with Crippen LogP contribution in [0, 0.1) is 0 Å². The van der Waals surface area contributed by atoms with Crippen LogP contribution in [-0.4, -0.2) is 25.3 Å². The van der Waals surface area contributed by atoms with Gasteiger partial charge in [-0.3, -0.25) is 0 Å². The smallest absolute Gasteiger partial charge is 0.123 e. The van der Waals surface area contributed by atoms with Crippen molar-refractivity contribution in [2.45, 2.75) is 255 Å². The van der Waals surface area contributed by atoms with Crippen molar-refractivity contribution in [3.8, 4) is 11.5 Å². The van der Waals surface area contributed by atoms with Gasteiger partial charge in [0.1, 0.15) is 22.0 Å². The van der Waals surface area contributed by atoms with Crippen molar-refractivity contribution >= 4 is 11.2 Å². The number of hydrogen-bond acceptors (Lipinski definition) is 3. The highest BCUT2D eigenvalue weighted by Crippen LogP contribution is 2.54. The lowest BCUT2D eigenvalue weighted by molar-refractivity contribution is 0.359. The molecule has 0 spiro atoms. The number of hydrogen-bond donors (Lipinski definition) is 2. The standard InChI is InChI=1S/C52H86O3S/c1-13-17-21-29-49(5,6)41-33-37(34-42(47(41)53)50(7,8)30-22-18-14-2)39-25-27-46-40(26-28-45(39)56(46)55)38-35-43(51(9,10)31-23-19-15-3)48(54)44(36-38)52(11,12)32-24-20-16-4/h33-36,39-40,45-46,53-54H,13-32H2,1-12H3. The van der Waals surface area contributed by atoms with Crippen LogP contribution in [0.25, 0.3) is 0 Å². The molecule has 4 rings (SSSR count). The third-order valence-corrected chi connectivity index (χ3v) is 17.0. The Morgan fingerprint density at radius 1 is 0.464 bits per heavy atom. The topological polar surface area (TPSA) is 63.5 Å². The second-order valence-electron chi connectivity index (χ2n) is 21.1. The Bertz CT molecular complexity index is 1330. The molecule has 2 aliphatic rings. The van der Waals surface area contributed by atoms with E-state index in [1.54, 1.807) is 0 Å². The molecule has 56 heavy (non-hydrogen) atoms. The van der Waals surface area contributed by atoms with Gasteiger partial charge in [0.2, 0.25) is 0 Å². The Hall–Kier alpha value is -1.65. The van der Waals surface area contributed by atoms with E-state index in [2.05, 4.69) is 107 Å². The van der Waals surface area contributed by atoms with Gasteiger partial charge in [-0.05, 0) is 95.3 Å². The lowest BCUT2D eigenvalue weighted by Crippen LogP contribution is -2.48. The summed E-state index contributed by atoms with van der Waals surface area (Å²) in [5.41, 5.74) is 6.45. The molecule has 0 amide bonds. The molecule has 4 atom stereocenters. The fourth-order valence-corrected chi connectivity index (χ4v) is 13.0. The van der Waals surface area contributed by atoms with E-state index in [0.29, 0.717) is 11.5 Å². The molecule has 2 saturated heterocycles. The molecule has 2 aromatic carbocycles. The van der Waals surface area contributed by atoms with Gasteiger partial charge in [-0.15, -0.1) is 0 Å². The SMILES string of the molecule is CCCCCC(C)(C)c1cc(C2CCC3C(c4cc(C(C)(C)CCCCC)c(O)c(C(C)(C)CCCCC)c4)CCC2[S+]3[O-])cc(C(C)(C)CCCCC)c1O. The van der Waals surface area contributed by atoms with Crippen LogP contribution >= 0.6 is 0 Å². The molecular formula is C52H86O3S. The number of unbranched alkanes of at least 4 members (excludes halogenated alkanes) is 8. The normalized spacial score (nSPS) is 22.1. The number of rotatable bonds is 22. The summed E-state index contributed by atoms with van der Waals surface area (Å²) in [6.07, 6.45) is 22.4. The van der Waals surface area contributed by atoms with Crippen molar-refractivity contribution in [2.24, 2.45) is 0 Å². The second kappa shape index (κ2) is 20.1. The molecular weight excluding hydrogens is 705 g/mol. The molecule has 318 valence electrons. The van der Waals surface area contributed by atoms with Crippen LogP contribution < -0.4 is 0 Å². The van der Waals surface area contributed by atoms with Crippen LogP contribution in [0.3, 0.4) is 0 Å². The predicted molar refractivity (Wildman–Crippen MR) is 245 cm³/mol. The summed E-state index contributed by atoms with van der Waals surface area (Å²) >= 11 is -0.968. The first kappa shape index (κ1) is 47.0. The molecule has 0 saturated carbocycles. The minimum absolute atomic E-state index is 0.133. The number of benzene rings is 2. The van der Waals surface area contributed by atoms with Crippen LogP contribution in [0.1, 0.15) is 257 Å². The average Bonchev–Trinajstić information content (AvgIpc) is 3.12. The molecule has 0 radical (unpaired) electrons. The Balaban J connectivity index is 1.74. The molecule has 2 bridgehead atoms. The van der Waals surface area contributed by atoms with Gasteiger partial charge in [-0.1, -0.05) is 184 Å². The molecule has 0 aliphatic carbocycles. The molecule has 2 fully saturated rings. The summed E-state index contributed by atoms with van der Waals surface area (Å²) < 4.78 is 14.9. The fraction of sp³-hybridized carbons (Fsp3) is 0.769. The Morgan fingerprint density at radius 3 is 0.946 bits per heavy atom. The molecule has 2 aliphatic heterocycles. The van der Waals surface area contributed by atoms with Gasteiger partial charge in [0.05, 0.1) is 0 Å². The molecule has 0 aromatic heterocycles. The number of fused-ring (bicyclic) bond motifs is 2. The lowest BCUT2D eigenvalue weighted by Gasteiger charge is -2.46. The highest BCUT2D eigenvalue weighted by atomic mass is 32.2. The summed E-state index contributed by atoms with van der Waals surface area (Å²) in [7, 11) is 0. The van der Waals surface area contributed by atoms with Crippen molar-refractivity contribution in [3.63, 3.8) is 0 Å². The first-order chi connectivity index (χ1) is 26.4. The lowest BCUT2D eigenvalue weighted by atomic mass is 9.70. The minimum Gasteiger partial charge on any atom is -0.616 e. The van der Waals surface area contributed by atoms with E-state index in [4.69, 9.17) is 0 Å². The Morgan fingerprint density at radius 2 is 0.714 bits per heavy atom. The fourth-order valence-electron chi connectivity index (χ4n) is 10.6. The molecule has 4 unspecified atom stereocenters. The molecule has 2 heterocycles. The van der Waals surface area contributed by atoms with Crippen molar-refractivity contribution in [1.82, 2.24) is 0 Å². The van der Waals surface area contributed by atoms with Crippen LogP contribution in [-0.2, 0) is 32.8 Å². The predicted octanol–water partition coefficient (Wildman–Crippen LogP) is 15.5. The van der Waals surface area contributed by atoms with Crippen LogP contribution in [0.4, 0.5) is 0 Å². The second-order valence-corrected chi connectivity index (χ2v) is 22.9. The van der Waals surface area contributed by atoms with E-state index in [-0.39, 0.29) is 44.0 Å². The number of aromatic hydroxyl groups is 2. The van der Waals surface area contributed by atoms with E-state index < -0.39 is 11.2 Å². The average molecular weight is 791 g/mol. The van der Waals surface area contributed by atoms with Crippen molar-refractivity contribution < 1.29 is 14.8 Å². The monoisotopic (exact) mass is 791 g/mol. The van der Waals surface area contributed by atoms with E-state index >= 15 is 0 Å². The largest absolute Gasteiger partial charge is 0.616 e. The van der Waals surface area contributed by atoms with E-state index in [0.717, 1.165) is 99.3 Å². The summed E-state index contributed by atoms with van der Waals surface area (Å²) in [6.45, 7) is 27.6. The van der Waals surface area contributed by atoms with Crippen molar-refractivity contribution in [3.05, 3.63) is 57.6 Å². The quantitative estimate of drug-likeness (QED) is 0.0922. The summed E-state index contributed by atoms with van der Waals surface area (Å²) in [5, 5.41) is 24.5. The highest BCUT2D eigenvalue weighted by molar-refractivity contribution is 7.92. The van der Waals surface area contributed by atoms with Gasteiger partial charge in [0, 0.05) is 34.1 Å². The Kier molecular flexibility index (Phi) is 16.9. The molecule has 2 aromatic rings. The summed E-state index contributed by atoms with van der Waals surface area (Å²) in [6, 6.07) is 9.39. The third-order valence-electron chi connectivity index (χ3n) is 14.7. The number of phenols is 2. The Labute approximate surface area is 349 Å². The molecule has 4 heteroatoms. The van der Waals surface area contributed by atoms with Crippen molar-refractivity contribution in [2.75, 3.05) is 0 Å². The zero-order valence-corrected chi connectivity index (χ0v) is 39.3. The molecule has 2 N–H and O–H groups in total. The maximum absolute atomic E-state index is 14.9. The first-order valence-corrected chi connectivity index (χ1v) is 24.8.